The van der Waals surface area contributed by atoms with Crippen molar-refractivity contribution in [1.29, 1.82) is 0 Å². The number of anilines is 2. The number of carbonyl (C=O) groups is 1. The number of aryl methyl sites for hydroxylation is 1. The van der Waals surface area contributed by atoms with Crippen LogP contribution in [0.5, 0.6) is 11.5 Å². The van der Waals surface area contributed by atoms with E-state index < -0.39 is 22.5 Å². The van der Waals surface area contributed by atoms with Gasteiger partial charge in [0.2, 0.25) is 11.0 Å². The average molecular weight is 523 g/mol. The first-order chi connectivity index (χ1) is 17.4. The van der Waals surface area contributed by atoms with Crippen molar-refractivity contribution in [2.24, 2.45) is 0 Å². The Labute approximate surface area is 212 Å². The van der Waals surface area contributed by atoms with Crippen LogP contribution in [0.4, 0.5) is 10.8 Å². The number of hydrogen-bond acceptors (Lipinski definition) is 8. The zero-order valence-electron chi connectivity index (χ0n) is 19.2. The van der Waals surface area contributed by atoms with Crippen LogP contribution >= 0.6 is 11.3 Å². The second kappa shape index (κ2) is 9.96. The minimum atomic E-state index is -4.07. The van der Waals surface area contributed by atoms with Crippen LogP contribution in [-0.2, 0) is 14.8 Å². The molecule has 11 heteroatoms. The fourth-order valence-electron chi connectivity index (χ4n) is 3.60. The van der Waals surface area contributed by atoms with E-state index in [1.807, 2.05) is 31.2 Å². The van der Waals surface area contributed by atoms with Crippen molar-refractivity contribution < 1.29 is 22.7 Å². The van der Waals surface area contributed by atoms with Gasteiger partial charge in [0.25, 0.3) is 10.0 Å². The molecule has 0 saturated heterocycles. The van der Waals surface area contributed by atoms with Crippen molar-refractivity contribution in [3.05, 3.63) is 78.4 Å². The minimum absolute atomic E-state index is 0.0604. The largest absolute Gasteiger partial charge is 0.486 e. The highest BCUT2D eigenvalue weighted by Gasteiger charge is 2.29. The van der Waals surface area contributed by atoms with E-state index in [4.69, 9.17) is 9.47 Å². The molecule has 5 rings (SSSR count). The van der Waals surface area contributed by atoms with E-state index in [9.17, 15) is 13.2 Å². The molecule has 1 N–H and O–H groups in total. The SMILES string of the molecule is Cc1ccc(-c2nnc(NC(=O)CN(c3ccc4c(c3)OCCO4)S(=O)(=O)c3ccccc3)s2)cc1. The van der Waals surface area contributed by atoms with E-state index in [0.29, 0.717) is 29.7 Å². The summed E-state index contributed by atoms with van der Waals surface area (Å²) in [4.78, 5) is 13.1. The van der Waals surface area contributed by atoms with Crippen LogP contribution < -0.4 is 19.1 Å². The van der Waals surface area contributed by atoms with Gasteiger partial charge in [0, 0.05) is 11.6 Å². The lowest BCUT2D eigenvalue weighted by Crippen LogP contribution is -2.38. The minimum Gasteiger partial charge on any atom is -0.486 e. The third-order valence-corrected chi connectivity index (χ3v) is 8.08. The van der Waals surface area contributed by atoms with Gasteiger partial charge in [-0.3, -0.25) is 14.4 Å². The Bertz CT molecular complexity index is 1490. The molecule has 1 aliphatic heterocycles. The molecule has 0 radical (unpaired) electrons. The predicted molar refractivity (Wildman–Crippen MR) is 137 cm³/mol. The summed E-state index contributed by atoms with van der Waals surface area (Å²) >= 11 is 1.21. The standard InChI is InChI=1S/C25H22N4O5S2/c1-17-7-9-18(10-8-17)24-27-28-25(35-24)26-23(30)16-29(36(31,32)20-5-3-2-4-6-20)19-11-12-21-22(15-19)34-14-13-33-21/h2-12,15H,13-14,16H2,1H3,(H,26,28,30). The molecule has 0 atom stereocenters. The lowest BCUT2D eigenvalue weighted by atomic mass is 10.2. The Morgan fingerprint density at radius 3 is 2.44 bits per heavy atom. The van der Waals surface area contributed by atoms with Crippen LogP contribution in [0.25, 0.3) is 10.6 Å². The number of rotatable bonds is 7. The van der Waals surface area contributed by atoms with E-state index in [-0.39, 0.29) is 15.7 Å². The number of hydrogen-bond donors (Lipinski definition) is 1. The molecule has 2 heterocycles. The highest BCUT2D eigenvalue weighted by atomic mass is 32.2. The lowest BCUT2D eigenvalue weighted by Gasteiger charge is -2.26. The molecule has 0 bridgehead atoms. The summed E-state index contributed by atoms with van der Waals surface area (Å²) in [6, 6.07) is 20.5. The summed E-state index contributed by atoms with van der Waals surface area (Å²) in [7, 11) is -4.07. The van der Waals surface area contributed by atoms with Gasteiger partial charge in [0.1, 0.15) is 24.8 Å². The Balaban J connectivity index is 1.41. The molecule has 1 aromatic heterocycles. The summed E-state index contributed by atoms with van der Waals surface area (Å²) < 4.78 is 39.3. The average Bonchev–Trinajstić information content (AvgIpc) is 3.36. The van der Waals surface area contributed by atoms with Crippen LogP contribution in [-0.4, -0.2) is 44.3 Å². The molecule has 0 spiro atoms. The molecule has 4 aromatic rings. The first kappa shape index (κ1) is 23.8. The van der Waals surface area contributed by atoms with Gasteiger partial charge >= 0.3 is 0 Å². The van der Waals surface area contributed by atoms with Gasteiger partial charge in [0.05, 0.1) is 10.6 Å². The van der Waals surface area contributed by atoms with Crippen LogP contribution in [0, 0.1) is 6.92 Å². The quantitative estimate of drug-likeness (QED) is 0.389. The third kappa shape index (κ3) is 5.02. The summed E-state index contributed by atoms with van der Waals surface area (Å²) in [5.74, 6) is 0.374. The number of benzene rings is 3. The highest BCUT2D eigenvalue weighted by Crippen LogP contribution is 2.36. The number of ether oxygens (including phenoxy) is 2. The molecule has 184 valence electrons. The molecule has 36 heavy (non-hydrogen) atoms. The normalized spacial score (nSPS) is 12.7. The smallest absolute Gasteiger partial charge is 0.264 e. The lowest BCUT2D eigenvalue weighted by molar-refractivity contribution is -0.114. The van der Waals surface area contributed by atoms with E-state index in [0.717, 1.165) is 15.4 Å². The Morgan fingerprint density at radius 2 is 1.69 bits per heavy atom. The third-order valence-electron chi connectivity index (χ3n) is 5.40. The monoisotopic (exact) mass is 522 g/mol. The molecule has 0 unspecified atom stereocenters. The predicted octanol–water partition coefficient (Wildman–Crippen LogP) is 4.12. The highest BCUT2D eigenvalue weighted by molar-refractivity contribution is 7.92. The van der Waals surface area contributed by atoms with Gasteiger partial charge in [-0.1, -0.05) is 59.4 Å². The van der Waals surface area contributed by atoms with Gasteiger partial charge in [-0.05, 0) is 31.2 Å². The van der Waals surface area contributed by atoms with E-state index in [1.54, 1.807) is 36.4 Å². The van der Waals surface area contributed by atoms with Gasteiger partial charge in [0.15, 0.2) is 11.5 Å². The maximum atomic E-state index is 13.6. The second-order valence-corrected chi connectivity index (χ2v) is 10.8. The molecule has 1 aliphatic rings. The van der Waals surface area contributed by atoms with E-state index >= 15 is 0 Å². The summed E-state index contributed by atoms with van der Waals surface area (Å²) in [6.45, 7) is 2.28. The number of aromatic nitrogens is 2. The van der Waals surface area contributed by atoms with Gasteiger partial charge in [-0.15, -0.1) is 10.2 Å². The summed E-state index contributed by atoms with van der Waals surface area (Å²) in [5, 5.41) is 11.8. The van der Waals surface area contributed by atoms with Crippen molar-refractivity contribution in [3.63, 3.8) is 0 Å². The van der Waals surface area contributed by atoms with Crippen LogP contribution in [0.3, 0.4) is 0 Å². The topological polar surface area (TPSA) is 111 Å². The zero-order chi connectivity index (χ0) is 25.1. The van der Waals surface area contributed by atoms with Crippen molar-refractivity contribution >= 4 is 38.1 Å². The molecular weight excluding hydrogens is 500 g/mol. The molecular formula is C25H22N4O5S2. The summed E-state index contributed by atoms with van der Waals surface area (Å²) in [6.07, 6.45) is 0. The molecule has 0 saturated carbocycles. The number of fused-ring (bicyclic) bond motifs is 1. The first-order valence-corrected chi connectivity index (χ1v) is 13.3. The summed E-state index contributed by atoms with van der Waals surface area (Å²) in [5.41, 5.74) is 2.27. The van der Waals surface area contributed by atoms with Crippen LogP contribution in [0.15, 0.2) is 77.7 Å². The maximum Gasteiger partial charge on any atom is 0.264 e. The number of nitrogens with one attached hydrogen (secondary N) is 1. The molecule has 0 aliphatic carbocycles. The van der Waals surface area contributed by atoms with E-state index in [2.05, 4.69) is 15.5 Å². The Morgan fingerprint density at radius 1 is 0.972 bits per heavy atom. The van der Waals surface area contributed by atoms with Crippen molar-refractivity contribution in [3.8, 4) is 22.1 Å². The molecule has 1 amide bonds. The van der Waals surface area contributed by atoms with Gasteiger partial charge in [-0.2, -0.15) is 0 Å². The Kier molecular flexibility index (Phi) is 6.57. The number of nitrogens with zero attached hydrogens (tertiary/aromatic N) is 3. The number of amides is 1. The second-order valence-electron chi connectivity index (χ2n) is 7.98. The van der Waals surface area contributed by atoms with Gasteiger partial charge < -0.3 is 9.47 Å². The van der Waals surface area contributed by atoms with Crippen molar-refractivity contribution in [2.75, 3.05) is 29.4 Å². The number of sulfonamides is 1. The number of carbonyl (C=O) groups excluding carboxylic acids is 1. The fraction of sp³-hybridized carbons (Fsp3) is 0.160. The zero-order valence-corrected chi connectivity index (χ0v) is 20.9. The molecule has 9 nitrogen and oxygen atoms in total. The van der Waals surface area contributed by atoms with Crippen molar-refractivity contribution in [1.82, 2.24) is 10.2 Å². The van der Waals surface area contributed by atoms with Crippen LogP contribution in [0.2, 0.25) is 0 Å². The first-order valence-electron chi connectivity index (χ1n) is 11.1. The molecule has 0 fully saturated rings. The van der Waals surface area contributed by atoms with Crippen molar-refractivity contribution in [2.45, 2.75) is 11.8 Å². The maximum absolute atomic E-state index is 13.6. The van der Waals surface area contributed by atoms with Gasteiger partial charge in [-0.25, -0.2) is 8.42 Å². The Hall–Kier alpha value is -3.96. The molecule has 3 aromatic carbocycles. The van der Waals surface area contributed by atoms with E-state index in [1.165, 1.54) is 23.5 Å². The fourth-order valence-corrected chi connectivity index (χ4v) is 5.80. The van der Waals surface area contributed by atoms with Crippen LogP contribution in [0.1, 0.15) is 5.56 Å².